The summed E-state index contributed by atoms with van der Waals surface area (Å²) in [6, 6.07) is 18.5. The van der Waals surface area contributed by atoms with Crippen LogP contribution in [0, 0.1) is 18.3 Å². The highest BCUT2D eigenvalue weighted by Gasteiger charge is 2.46. The number of aryl methyl sites for hydroxylation is 1. The van der Waals surface area contributed by atoms with Crippen molar-refractivity contribution in [3.8, 4) is 6.07 Å². The maximum Gasteiger partial charge on any atom is 0.164 e. The van der Waals surface area contributed by atoms with Gasteiger partial charge in [-0.1, -0.05) is 48.0 Å². The van der Waals surface area contributed by atoms with Crippen LogP contribution < -0.4 is 4.72 Å². The Morgan fingerprint density at radius 1 is 1.17 bits per heavy atom. The fourth-order valence-electron chi connectivity index (χ4n) is 3.15. The van der Waals surface area contributed by atoms with Crippen LogP contribution in [0.25, 0.3) is 0 Å². The molecule has 2 aromatic carbocycles. The van der Waals surface area contributed by atoms with E-state index in [9.17, 15) is 9.47 Å². The first-order chi connectivity index (χ1) is 13.9. The second-order valence-corrected chi connectivity index (χ2v) is 8.69. The maximum absolute atomic E-state index is 12.7. The number of hydrogen-bond donors (Lipinski definition) is 1. The number of nitrogens with one attached hydrogen (secondary N) is 1. The van der Waals surface area contributed by atoms with Crippen LogP contribution in [0.3, 0.4) is 0 Å². The molecule has 0 aromatic heterocycles. The molecule has 1 N–H and O–H groups in total. The van der Waals surface area contributed by atoms with Crippen molar-refractivity contribution in [1.29, 1.82) is 5.26 Å². The quantitative estimate of drug-likeness (QED) is 0.717. The fraction of sp³-hybridized carbons (Fsp3) is 0.409. The van der Waals surface area contributed by atoms with Gasteiger partial charge in [-0.05, 0) is 38.5 Å². The molecule has 1 saturated heterocycles. The first-order valence-corrected chi connectivity index (χ1v) is 10.6. The SMILES string of the molecule is Cc1ccc(S(=O)N[C@H](C#N)[C@@H]2OC(C)(C)O[C@H]2COCc2ccccc2)cc1. The molecule has 1 aliphatic heterocycles. The van der Waals surface area contributed by atoms with Gasteiger partial charge in [-0.3, -0.25) is 0 Å². The average molecular weight is 415 g/mol. The van der Waals surface area contributed by atoms with Gasteiger partial charge in [0.2, 0.25) is 0 Å². The third kappa shape index (κ3) is 5.95. The minimum atomic E-state index is -1.54. The molecule has 6 nitrogen and oxygen atoms in total. The summed E-state index contributed by atoms with van der Waals surface area (Å²) in [6.45, 7) is 6.25. The lowest BCUT2D eigenvalue weighted by Crippen LogP contribution is -2.46. The van der Waals surface area contributed by atoms with Crippen molar-refractivity contribution in [1.82, 2.24) is 4.72 Å². The van der Waals surface area contributed by atoms with Gasteiger partial charge < -0.3 is 14.2 Å². The molecule has 4 atom stereocenters. The zero-order chi connectivity index (χ0) is 20.9. The molecule has 1 unspecified atom stereocenters. The highest BCUT2D eigenvalue weighted by atomic mass is 32.2. The Bertz CT molecular complexity index is 865. The highest BCUT2D eigenvalue weighted by Crippen LogP contribution is 2.30. The Morgan fingerprint density at radius 3 is 2.52 bits per heavy atom. The van der Waals surface area contributed by atoms with Gasteiger partial charge in [-0.25, -0.2) is 8.93 Å². The molecule has 1 fully saturated rings. The molecule has 2 aromatic rings. The minimum Gasteiger partial charge on any atom is -0.374 e. The van der Waals surface area contributed by atoms with Crippen molar-refractivity contribution in [3.63, 3.8) is 0 Å². The minimum absolute atomic E-state index is 0.264. The molecule has 0 bridgehead atoms. The number of nitrogens with zero attached hydrogens (tertiary/aromatic N) is 1. The van der Waals surface area contributed by atoms with E-state index >= 15 is 0 Å². The van der Waals surface area contributed by atoms with Crippen molar-refractivity contribution in [3.05, 3.63) is 65.7 Å². The summed E-state index contributed by atoms with van der Waals surface area (Å²) in [5.74, 6) is -0.854. The van der Waals surface area contributed by atoms with Gasteiger partial charge in [-0.2, -0.15) is 5.26 Å². The topological polar surface area (TPSA) is 80.6 Å². The largest absolute Gasteiger partial charge is 0.374 e. The van der Waals surface area contributed by atoms with E-state index in [1.54, 1.807) is 26.0 Å². The summed E-state index contributed by atoms with van der Waals surface area (Å²) in [5, 5.41) is 9.69. The summed E-state index contributed by atoms with van der Waals surface area (Å²) in [4.78, 5) is 0.603. The maximum atomic E-state index is 12.7. The van der Waals surface area contributed by atoms with Crippen molar-refractivity contribution in [2.45, 2.75) is 56.3 Å². The van der Waals surface area contributed by atoms with Crippen molar-refractivity contribution < 1.29 is 18.4 Å². The van der Waals surface area contributed by atoms with Crippen molar-refractivity contribution in [2.75, 3.05) is 6.61 Å². The molecule has 0 saturated carbocycles. The van der Waals surface area contributed by atoms with Crippen molar-refractivity contribution in [2.24, 2.45) is 0 Å². The van der Waals surface area contributed by atoms with Gasteiger partial charge in [0.25, 0.3) is 0 Å². The summed E-state index contributed by atoms with van der Waals surface area (Å²) in [5.41, 5.74) is 2.13. The molecule has 154 valence electrons. The second-order valence-electron chi connectivity index (χ2n) is 7.45. The summed E-state index contributed by atoms with van der Waals surface area (Å²) in [7, 11) is -1.54. The monoisotopic (exact) mass is 414 g/mol. The predicted molar refractivity (Wildman–Crippen MR) is 110 cm³/mol. The molecule has 3 rings (SSSR count). The van der Waals surface area contributed by atoms with Crippen LogP contribution in [0.2, 0.25) is 0 Å². The second kappa shape index (κ2) is 9.61. The van der Waals surface area contributed by atoms with Gasteiger partial charge in [-0.15, -0.1) is 0 Å². The summed E-state index contributed by atoms with van der Waals surface area (Å²) in [6.07, 6.45) is -1.07. The van der Waals surface area contributed by atoms with E-state index in [1.165, 1.54) is 0 Å². The summed E-state index contributed by atoms with van der Waals surface area (Å²) < 4.78 is 33.2. The van der Waals surface area contributed by atoms with Gasteiger partial charge in [0, 0.05) is 0 Å². The first kappa shape index (κ1) is 21.6. The fourth-order valence-corrected chi connectivity index (χ4v) is 4.09. The standard InChI is InChI=1S/C22H26N2O4S/c1-16-9-11-18(12-10-16)29(25)24-19(13-23)21-20(27-22(2,3)28-21)15-26-14-17-7-5-4-6-8-17/h4-12,19-21,24H,14-15H2,1-3H3/t19-,20+,21+,29?/m1/s1. The number of rotatable bonds is 8. The lowest BCUT2D eigenvalue weighted by Gasteiger charge is -2.22. The molecule has 0 aliphatic carbocycles. The molecule has 0 amide bonds. The van der Waals surface area contributed by atoms with E-state index in [2.05, 4.69) is 10.8 Å². The zero-order valence-electron chi connectivity index (χ0n) is 16.8. The van der Waals surface area contributed by atoms with Crippen LogP contribution in [0.15, 0.2) is 59.5 Å². The molecule has 1 aliphatic rings. The van der Waals surface area contributed by atoms with E-state index in [-0.39, 0.29) is 6.61 Å². The average Bonchev–Trinajstić information content (AvgIpc) is 3.01. The van der Waals surface area contributed by atoms with E-state index in [1.807, 2.05) is 49.4 Å². The van der Waals surface area contributed by atoms with Crippen molar-refractivity contribution >= 4 is 11.0 Å². The predicted octanol–water partition coefficient (Wildman–Crippen LogP) is 3.24. The van der Waals surface area contributed by atoms with Crippen LogP contribution in [0.4, 0.5) is 0 Å². The molecule has 1 heterocycles. The lowest BCUT2D eigenvalue weighted by atomic mass is 10.1. The first-order valence-electron chi connectivity index (χ1n) is 9.49. The Labute approximate surface area is 174 Å². The number of benzene rings is 2. The molecule has 0 radical (unpaired) electrons. The number of nitriles is 1. The molecular weight excluding hydrogens is 388 g/mol. The third-order valence-corrected chi connectivity index (χ3v) is 5.72. The molecule has 29 heavy (non-hydrogen) atoms. The highest BCUT2D eigenvalue weighted by molar-refractivity contribution is 7.83. The molecule has 7 heteroatoms. The Balaban J connectivity index is 1.64. The van der Waals surface area contributed by atoms with Gasteiger partial charge in [0.05, 0.1) is 24.2 Å². The number of ether oxygens (including phenoxy) is 3. The van der Waals surface area contributed by atoms with Gasteiger partial charge >= 0.3 is 0 Å². The third-order valence-electron chi connectivity index (χ3n) is 4.55. The smallest absolute Gasteiger partial charge is 0.164 e. The van der Waals surface area contributed by atoms with E-state index < -0.39 is 35.0 Å². The van der Waals surface area contributed by atoms with Crippen LogP contribution in [-0.2, 0) is 31.8 Å². The van der Waals surface area contributed by atoms with Crippen LogP contribution in [0.1, 0.15) is 25.0 Å². The van der Waals surface area contributed by atoms with E-state index in [4.69, 9.17) is 14.2 Å². The Hall–Kier alpha value is -2.08. The van der Waals surface area contributed by atoms with E-state index in [0.29, 0.717) is 11.5 Å². The number of hydrogen-bond acceptors (Lipinski definition) is 5. The van der Waals surface area contributed by atoms with E-state index in [0.717, 1.165) is 11.1 Å². The van der Waals surface area contributed by atoms with Crippen LogP contribution in [-0.4, -0.2) is 34.9 Å². The Kier molecular flexibility index (Phi) is 7.17. The van der Waals surface area contributed by atoms with Gasteiger partial charge in [0.1, 0.15) is 29.2 Å². The summed E-state index contributed by atoms with van der Waals surface area (Å²) >= 11 is 0. The van der Waals surface area contributed by atoms with Crippen LogP contribution >= 0.6 is 0 Å². The van der Waals surface area contributed by atoms with Gasteiger partial charge in [0.15, 0.2) is 5.79 Å². The Morgan fingerprint density at radius 2 is 1.86 bits per heavy atom. The molecule has 0 spiro atoms. The zero-order valence-corrected chi connectivity index (χ0v) is 17.6. The normalized spacial score (nSPS) is 22.7. The molecular formula is C22H26N2O4S. The van der Waals surface area contributed by atoms with Crippen LogP contribution in [0.5, 0.6) is 0 Å². The lowest BCUT2D eigenvalue weighted by molar-refractivity contribution is -0.151.